The number of ether oxygens (including phenoxy) is 1. The van der Waals surface area contributed by atoms with Gasteiger partial charge in [-0.1, -0.05) is 18.2 Å². The van der Waals surface area contributed by atoms with Crippen LogP contribution in [0, 0.1) is 11.6 Å². The van der Waals surface area contributed by atoms with Crippen LogP contribution >= 0.6 is 11.3 Å². The topological polar surface area (TPSA) is 108 Å². The quantitative estimate of drug-likeness (QED) is 0.262. The molecule has 0 saturated carbocycles. The summed E-state index contributed by atoms with van der Waals surface area (Å²) in [4.78, 5) is 30.8. The molecule has 212 valence electrons. The zero-order chi connectivity index (χ0) is 29.3. The fraction of sp³-hybridized carbons (Fsp3) is 0.214. The average molecular weight is 583 g/mol. The van der Waals surface area contributed by atoms with Crippen LogP contribution in [0.15, 0.2) is 64.2 Å². The number of hydrogen-bond donors (Lipinski definition) is 1. The average Bonchev–Trinajstić information content (AvgIpc) is 3.31. The molecule has 13 heteroatoms. The van der Waals surface area contributed by atoms with E-state index in [4.69, 9.17) is 10.5 Å². The van der Waals surface area contributed by atoms with E-state index in [0.717, 1.165) is 26.8 Å². The Kier molecular flexibility index (Phi) is 7.90. The molecular weight excluding hydrogens is 557 g/mol. The van der Waals surface area contributed by atoms with E-state index in [9.17, 15) is 22.8 Å². The maximum Gasteiger partial charge on any atom is 0.338 e. The molecule has 0 spiro atoms. The molecule has 5 aromatic rings. The van der Waals surface area contributed by atoms with Crippen molar-refractivity contribution in [3.05, 3.63) is 98.2 Å². The van der Waals surface area contributed by atoms with Crippen molar-refractivity contribution in [2.45, 2.75) is 13.1 Å². The van der Waals surface area contributed by atoms with Gasteiger partial charge < -0.3 is 15.4 Å². The van der Waals surface area contributed by atoms with Crippen molar-refractivity contribution in [1.29, 1.82) is 0 Å². The van der Waals surface area contributed by atoms with E-state index in [2.05, 4.69) is 10.2 Å². The van der Waals surface area contributed by atoms with Crippen molar-refractivity contribution in [2.24, 2.45) is 0 Å². The normalized spacial score (nSPS) is 11.5. The van der Waals surface area contributed by atoms with Crippen LogP contribution in [0.25, 0.3) is 26.5 Å². The Morgan fingerprint density at radius 3 is 2.29 bits per heavy atom. The highest BCUT2D eigenvalue weighted by atomic mass is 32.1. The van der Waals surface area contributed by atoms with Gasteiger partial charge in [0.15, 0.2) is 5.82 Å². The van der Waals surface area contributed by atoms with Crippen LogP contribution in [0.5, 0.6) is 5.88 Å². The number of benzene rings is 2. The summed E-state index contributed by atoms with van der Waals surface area (Å²) < 4.78 is 49.1. The number of aromatic nitrogens is 4. The standard InChI is InChI=1S/C28H25F3N6O3S/c1-35(2)14-19-24-26(38)37(22-10-11-23(34-33-22)40-13-12-29)28(39)36(15-18-20(30)4-3-5-21(18)31)27(24)41-25(19)16-6-8-17(32)9-7-16/h3-11H,12-15,32H2,1-2H3. The Hall–Kier alpha value is -4.49. The molecule has 41 heavy (non-hydrogen) atoms. The lowest BCUT2D eigenvalue weighted by molar-refractivity contribution is 0.262. The van der Waals surface area contributed by atoms with E-state index in [1.807, 2.05) is 19.0 Å². The summed E-state index contributed by atoms with van der Waals surface area (Å²) in [5, 5.41) is 8.01. The van der Waals surface area contributed by atoms with Gasteiger partial charge in [0.1, 0.15) is 29.7 Å². The van der Waals surface area contributed by atoms with Gasteiger partial charge in [0, 0.05) is 28.7 Å². The third kappa shape index (κ3) is 5.45. The molecule has 0 unspecified atom stereocenters. The Labute approximate surface area is 235 Å². The minimum Gasteiger partial charge on any atom is -0.474 e. The zero-order valence-corrected chi connectivity index (χ0v) is 22.9. The minimum absolute atomic E-state index is 0.00347. The van der Waals surface area contributed by atoms with Crippen LogP contribution in [-0.2, 0) is 13.1 Å². The summed E-state index contributed by atoms with van der Waals surface area (Å²) in [6, 6.07) is 13.2. The summed E-state index contributed by atoms with van der Waals surface area (Å²) in [5.74, 6) is -1.79. The molecule has 0 aliphatic rings. The lowest BCUT2D eigenvalue weighted by atomic mass is 10.1. The molecule has 0 aliphatic heterocycles. The molecule has 2 N–H and O–H groups in total. The van der Waals surface area contributed by atoms with E-state index in [-0.39, 0.29) is 34.1 Å². The molecule has 0 fully saturated rings. The number of hydrogen-bond acceptors (Lipinski definition) is 8. The van der Waals surface area contributed by atoms with Crippen LogP contribution in [0.2, 0.25) is 0 Å². The minimum atomic E-state index is -0.863. The van der Waals surface area contributed by atoms with Crippen LogP contribution < -0.4 is 21.7 Å². The van der Waals surface area contributed by atoms with E-state index < -0.39 is 36.1 Å². The summed E-state index contributed by atoms with van der Waals surface area (Å²) in [6.45, 7) is -1.14. The highest BCUT2D eigenvalue weighted by Gasteiger charge is 2.25. The van der Waals surface area contributed by atoms with Crippen molar-refractivity contribution < 1.29 is 17.9 Å². The molecule has 0 amide bonds. The number of fused-ring (bicyclic) bond motifs is 1. The second-order valence-corrected chi connectivity index (χ2v) is 10.4. The van der Waals surface area contributed by atoms with Gasteiger partial charge in [0.25, 0.3) is 5.56 Å². The van der Waals surface area contributed by atoms with Gasteiger partial charge in [0.05, 0.1) is 11.9 Å². The van der Waals surface area contributed by atoms with Gasteiger partial charge in [-0.3, -0.25) is 9.36 Å². The highest BCUT2D eigenvalue weighted by molar-refractivity contribution is 7.22. The summed E-state index contributed by atoms with van der Waals surface area (Å²) in [6.07, 6.45) is 0. The van der Waals surface area contributed by atoms with Gasteiger partial charge in [-0.05, 0) is 55.6 Å². The van der Waals surface area contributed by atoms with Crippen LogP contribution in [0.1, 0.15) is 11.1 Å². The summed E-state index contributed by atoms with van der Waals surface area (Å²) in [7, 11) is 3.67. The number of rotatable bonds is 9. The molecule has 3 heterocycles. The van der Waals surface area contributed by atoms with Crippen molar-refractivity contribution >= 4 is 27.2 Å². The van der Waals surface area contributed by atoms with Gasteiger partial charge >= 0.3 is 5.69 Å². The maximum absolute atomic E-state index is 14.8. The molecule has 0 atom stereocenters. The van der Waals surface area contributed by atoms with E-state index >= 15 is 0 Å². The number of anilines is 1. The molecule has 0 aliphatic carbocycles. The first-order valence-electron chi connectivity index (χ1n) is 12.5. The Balaban J connectivity index is 1.84. The first-order valence-corrected chi connectivity index (χ1v) is 13.3. The molecule has 9 nitrogen and oxygen atoms in total. The van der Waals surface area contributed by atoms with Gasteiger partial charge in [-0.15, -0.1) is 21.5 Å². The third-order valence-corrected chi connectivity index (χ3v) is 7.58. The predicted octanol–water partition coefficient (Wildman–Crippen LogP) is 3.99. The van der Waals surface area contributed by atoms with E-state index in [0.29, 0.717) is 22.7 Å². The second kappa shape index (κ2) is 11.6. The Bertz CT molecular complexity index is 1810. The van der Waals surface area contributed by atoms with Crippen molar-refractivity contribution in [2.75, 3.05) is 33.1 Å². The SMILES string of the molecule is CN(C)Cc1c(-c2ccc(N)cc2)sc2c1c(=O)n(-c1ccc(OCCF)nn1)c(=O)n2Cc1c(F)cccc1F. The lowest BCUT2D eigenvalue weighted by Gasteiger charge is -2.14. The molecule has 5 rings (SSSR count). The maximum atomic E-state index is 14.8. The predicted molar refractivity (Wildman–Crippen MR) is 151 cm³/mol. The van der Waals surface area contributed by atoms with Gasteiger partial charge in [-0.2, -0.15) is 0 Å². The largest absolute Gasteiger partial charge is 0.474 e. The van der Waals surface area contributed by atoms with Crippen molar-refractivity contribution in [3.8, 4) is 22.1 Å². The second-order valence-electron chi connectivity index (χ2n) is 9.43. The number of halogens is 3. The monoisotopic (exact) mass is 582 g/mol. The van der Waals surface area contributed by atoms with Gasteiger partial charge in [-0.25, -0.2) is 22.5 Å². The molecule has 3 aromatic heterocycles. The summed E-state index contributed by atoms with van der Waals surface area (Å²) in [5.41, 5.74) is 5.95. The molecule has 2 aromatic carbocycles. The van der Waals surface area contributed by atoms with Crippen molar-refractivity contribution in [3.63, 3.8) is 0 Å². The number of nitrogens with two attached hydrogens (primary N) is 1. The molecule has 0 bridgehead atoms. The molecule has 0 saturated heterocycles. The van der Waals surface area contributed by atoms with Crippen LogP contribution in [0.4, 0.5) is 18.9 Å². The van der Waals surface area contributed by atoms with E-state index in [1.54, 1.807) is 24.3 Å². The summed E-state index contributed by atoms with van der Waals surface area (Å²) >= 11 is 1.17. The number of nitrogens with zero attached hydrogens (tertiary/aromatic N) is 5. The van der Waals surface area contributed by atoms with Crippen LogP contribution in [0.3, 0.4) is 0 Å². The Morgan fingerprint density at radius 1 is 0.976 bits per heavy atom. The first-order chi connectivity index (χ1) is 19.7. The molecular formula is C28H25F3N6O3S. The van der Waals surface area contributed by atoms with Crippen LogP contribution in [-0.4, -0.2) is 51.6 Å². The number of thiophene rings is 1. The fourth-order valence-electron chi connectivity index (χ4n) is 4.44. The van der Waals surface area contributed by atoms with Gasteiger partial charge in [0.2, 0.25) is 5.88 Å². The van der Waals surface area contributed by atoms with Crippen molar-refractivity contribution in [1.82, 2.24) is 24.2 Å². The number of alkyl halides is 1. The fourth-order valence-corrected chi connectivity index (χ4v) is 5.74. The molecule has 0 radical (unpaired) electrons. The Morgan fingerprint density at radius 2 is 1.68 bits per heavy atom. The third-order valence-electron chi connectivity index (χ3n) is 6.28. The number of nitrogen functional groups attached to an aromatic ring is 1. The zero-order valence-electron chi connectivity index (χ0n) is 22.1. The van der Waals surface area contributed by atoms with E-state index in [1.165, 1.54) is 29.5 Å². The lowest BCUT2D eigenvalue weighted by Crippen LogP contribution is -2.39. The smallest absolute Gasteiger partial charge is 0.338 e. The first kappa shape index (κ1) is 28.1. The highest BCUT2D eigenvalue weighted by Crippen LogP contribution is 2.38.